The Labute approximate surface area is 105 Å². The summed E-state index contributed by atoms with van der Waals surface area (Å²) in [6.07, 6.45) is 0.894. The van der Waals surface area contributed by atoms with Crippen LogP contribution in [0, 0.1) is 5.92 Å². The van der Waals surface area contributed by atoms with E-state index in [2.05, 4.69) is 11.8 Å². The van der Waals surface area contributed by atoms with Gasteiger partial charge in [-0.1, -0.05) is 6.92 Å². The molecule has 4 heteroatoms. The number of amides is 1. The van der Waals surface area contributed by atoms with E-state index in [1.807, 2.05) is 39.8 Å². The monoisotopic (exact) mass is 242 g/mol. The van der Waals surface area contributed by atoms with Crippen LogP contribution in [0.3, 0.4) is 0 Å². The van der Waals surface area contributed by atoms with Gasteiger partial charge in [-0.15, -0.1) is 0 Å². The Morgan fingerprint density at radius 3 is 2.47 bits per heavy atom. The molecule has 0 aliphatic carbocycles. The second-order valence-corrected chi connectivity index (χ2v) is 6.39. The van der Waals surface area contributed by atoms with Crippen LogP contribution >= 0.6 is 0 Å². The molecule has 0 spiro atoms. The van der Waals surface area contributed by atoms with E-state index in [-0.39, 0.29) is 12.1 Å². The number of likely N-dealkylation sites (tertiary alicyclic amines) is 1. The molecule has 1 aliphatic heterocycles. The summed E-state index contributed by atoms with van der Waals surface area (Å²) in [4.78, 5) is 16.1. The van der Waals surface area contributed by atoms with Crippen LogP contribution in [0.2, 0.25) is 0 Å². The number of rotatable bonds is 2. The summed E-state index contributed by atoms with van der Waals surface area (Å²) in [5.41, 5.74) is -0.411. The molecule has 0 bridgehead atoms. The summed E-state index contributed by atoms with van der Waals surface area (Å²) in [5, 5.41) is 0. The van der Waals surface area contributed by atoms with Gasteiger partial charge in [0, 0.05) is 19.1 Å². The van der Waals surface area contributed by atoms with E-state index in [9.17, 15) is 4.79 Å². The van der Waals surface area contributed by atoms with Crippen LogP contribution in [-0.2, 0) is 4.74 Å². The maximum Gasteiger partial charge on any atom is 0.410 e. The number of hydrogen-bond donors (Lipinski definition) is 0. The highest BCUT2D eigenvalue weighted by Gasteiger charge is 2.35. The maximum absolute atomic E-state index is 12.1. The third-order valence-corrected chi connectivity index (χ3v) is 2.83. The number of nitrogens with zero attached hydrogens (tertiary/aromatic N) is 2. The van der Waals surface area contributed by atoms with Crippen molar-refractivity contribution >= 4 is 6.09 Å². The minimum Gasteiger partial charge on any atom is -0.444 e. The number of hydrogen-bond acceptors (Lipinski definition) is 3. The smallest absolute Gasteiger partial charge is 0.410 e. The van der Waals surface area contributed by atoms with Crippen molar-refractivity contribution in [3.05, 3.63) is 0 Å². The van der Waals surface area contributed by atoms with Gasteiger partial charge in [0.25, 0.3) is 0 Å². The quantitative estimate of drug-likeness (QED) is 0.744. The van der Waals surface area contributed by atoms with Crippen molar-refractivity contribution in [1.82, 2.24) is 9.80 Å². The van der Waals surface area contributed by atoms with Gasteiger partial charge >= 0.3 is 6.09 Å². The first-order valence-corrected chi connectivity index (χ1v) is 6.33. The van der Waals surface area contributed by atoms with Gasteiger partial charge in [-0.3, -0.25) is 0 Å². The van der Waals surface area contributed by atoms with E-state index < -0.39 is 5.60 Å². The molecule has 0 aromatic carbocycles. The zero-order chi connectivity index (χ0) is 13.2. The molecule has 1 heterocycles. The van der Waals surface area contributed by atoms with Crippen LogP contribution in [-0.4, -0.2) is 54.7 Å². The summed E-state index contributed by atoms with van der Waals surface area (Å²) < 4.78 is 5.45. The van der Waals surface area contributed by atoms with Crippen LogP contribution in [0.25, 0.3) is 0 Å². The third-order valence-electron chi connectivity index (χ3n) is 2.83. The summed E-state index contributed by atoms with van der Waals surface area (Å²) in [6, 6.07) is 0.287. The molecule has 2 atom stereocenters. The molecule has 0 aromatic heterocycles. The highest BCUT2D eigenvalue weighted by atomic mass is 16.6. The standard InChI is InChI=1S/C13H26N2O2/c1-10-7-11(9-14(5)6)15(8-10)12(16)17-13(2,3)4/h10-11H,7-9H2,1-6H3/t10-,11+/m0/s1. The lowest BCUT2D eigenvalue weighted by Gasteiger charge is -2.29. The fraction of sp³-hybridized carbons (Fsp3) is 0.923. The molecule has 1 aliphatic rings. The van der Waals surface area contributed by atoms with E-state index in [4.69, 9.17) is 4.74 Å². The van der Waals surface area contributed by atoms with Crippen molar-refractivity contribution in [2.75, 3.05) is 27.2 Å². The van der Waals surface area contributed by atoms with Crippen LogP contribution in [0.15, 0.2) is 0 Å². The molecule has 0 N–H and O–H groups in total. The average molecular weight is 242 g/mol. The third kappa shape index (κ3) is 4.54. The number of carbonyl (C=O) groups excluding carboxylic acids is 1. The van der Waals surface area contributed by atoms with Crippen LogP contribution in [0.5, 0.6) is 0 Å². The normalized spacial score (nSPS) is 25.5. The Hall–Kier alpha value is -0.770. The van der Waals surface area contributed by atoms with Gasteiger partial charge in [0.1, 0.15) is 5.60 Å². The van der Waals surface area contributed by atoms with Crippen molar-refractivity contribution in [2.45, 2.75) is 45.8 Å². The second kappa shape index (κ2) is 5.25. The first-order chi connectivity index (χ1) is 7.69. The lowest BCUT2D eigenvalue weighted by molar-refractivity contribution is 0.0205. The van der Waals surface area contributed by atoms with Crippen molar-refractivity contribution in [2.24, 2.45) is 5.92 Å². The average Bonchev–Trinajstić information content (AvgIpc) is 2.42. The zero-order valence-corrected chi connectivity index (χ0v) is 12.0. The number of likely N-dealkylation sites (N-methyl/N-ethyl adjacent to an activating group) is 1. The summed E-state index contributed by atoms with van der Waals surface area (Å²) in [5.74, 6) is 0.562. The van der Waals surface area contributed by atoms with Gasteiger partial charge < -0.3 is 14.5 Å². The van der Waals surface area contributed by atoms with Gasteiger partial charge in [0.2, 0.25) is 0 Å². The molecular formula is C13H26N2O2. The molecule has 1 rings (SSSR count). The van der Waals surface area contributed by atoms with E-state index in [1.54, 1.807) is 0 Å². The Morgan fingerprint density at radius 2 is 2.00 bits per heavy atom. The lowest BCUT2D eigenvalue weighted by Crippen LogP contribution is -2.43. The van der Waals surface area contributed by atoms with Gasteiger partial charge in [0.15, 0.2) is 0 Å². The Bertz CT molecular complexity index is 271. The molecule has 0 radical (unpaired) electrons. The van der Waals surface area contributed by atoms with E-state index in [1.165, 1.54) is 0 Å². The minimum atomic E-state index is -0.411. The number of carbonyl (C=O) groups is 1. The molecule has 100 valence electrons. The summed E-state index contributed by atoms with van der Waals surface area (Å²) in [7, 11) is 4.08. The molecule has 0 saturated carbocycles. The largest absolute Gasteiger partial charge is 0.444 e. The molecular weight excluding hydrogens is 216 g/mol. The first kappa shape index (κ1) is 14.3. The van der Waals surface area contributed by atoms with Crippen LogP contribution in [0.4, 0.5) is 4.79 Å². The predicted molar refractivity (Wildman–Crippen MR) is 69.1 cm³/mol. The van der Waals surface area contributed by atoms with Crippen molar-refractivity contribution in [3.8, 4) is 0 Å². The van der Waals surface area contributed by atoms with E-state index >= 15 is 0 Å². The van der Waals surface area contributed by atoms with Gasteiger partial charge in [-0.25, -0.2) is 4.79 Å². The summed E-state index contributed by atoms with van der Waals surface area (Å²) >= 11 is 0. The zero-order valence-electron chi connectivity index (χ0n) is 12.0. The summed E-state index contributed by atoms with van der Waals surface area (Å²) in [6.45, 7) is 9.63. The fourth-order valence-electron chi connectivity index (χ4n) is 2.29. The van der Waals surface area contributed by atoms with Crippen LogP contribution in [0.1, 0.15) is 34.1 Å². The predicted octanol–water partition coefficient (Wildman–Crippen LogP) is 2.19. The second-order valence-electron chi connectivity index (χ2n) is 6.39. The highest BCUT2D eigenvalue weighted by Crippen LogP contribution is 2.25. The van der Waals surface area contributed by atoms with Crippen molar-refractivity contribution in [1.29, 1.82) is 0 Å². The van der Waals surface area contributed by atoms with Gasteiger partial charge in [-0.05, 0) is 47.2 Å². The minimum absolute atomic E-state index is 0.172. The van der Waals surface area contributed by atoms with Gasteiger partial charge in [0.05, 0.1) is 0 Å². The number of ether oxygens (including phenoxy) is 1. The highest BCUT2D eigenvalue weighted by molar-refractivity contribution is 5.69. The molecule has 0 unspecified atom stereocenters. The molecule has 4 nitrogen and oxygen atoms in total. The topological polar surface area (TPSA) is 32.8 Å². The van der Waals surface area contributed by atoms with Crippen molar-refractivity contribution in [3.63, 3.8) is 0 Å². The van der Waals surface area contributed by atoms with E-state index in [0.717, 1.165) is 19.5 Å². The molecule has 0 aromatic rings. The maximum atomic E-state index is 12.1. The van der Waals surface area contributed by atoms with Gasteiger partial charge in [-0.2, -0.15) is 0 Å². The lowest BCUT2D eigenvalue weighted by atomic mass is 10.1. The molecule has 17 heavy (non-hydrogen) atoms. The van der Waals surface area contributed by atoms with E-state index in [0.29, 0.717) is 5.92 Å². The Morgan fingerprint density at radius 1 is 1.41 bits per heavy atom. The first-order valence-electron chi connectivity index (χ1n) is 6.33. The fourth-order valence-corrected chi connectivity index (χ4v) is 2.29. The molecule has 1 saturated heterocycles. The molecule has 1 fully saturated rings. The Balaban J connectivity index is 2.63. The Kier molecular flexibility index (Phi) is 4.42. The molecule has 1 amide bonds. The SMILES string of the molecule is C[C@H]1C[C@H](CN(C)C)N(C(=O)OC(C)(C)C)C1. The van der Waals surface area contributed by atoms with Crippen molar-refractivity contribution < 1.29 is 9.53 Å². The van der Waals surface area contributed by atoms with Crippen LogP contribution < -0.4 is 0 Å².